The summed E-state index contributed by atoms with van der Waals surface area (Å²) >= 11 is 6.17. The van der Waals surface area contributed by atoms with E-state index in [1.165, 1.54) is 0 Å². The summed E-state index contributed by atoms with van der Waals surface area (Å²) in [7, 11) is 1.63. The third-order valence-electron chi connectivity index (χ3n) is 2.70. The molecule has 0 aliphatic carbocycles. The van der Waals surface area contributed by atoms with Gasteiger partial charge in [0.25, 0.3) is 0 Å². The fourth-order valence-corrected chi connectivity index (χ4v) is 2.18. The molecular weight excluding hydrogens is 222 g/mol. The van der Waals surface area contributed by atoms with Gasteiger partial charge in [-0.25, -0.2) is 5.32 Å². The van der Waals surface area contributed by atoms with Gasteiger partial charge in [-0.05, 0) is 12.1 Å². The second kappa shape index (κ2) is 3.42. The van der Waals surface area contributed by atoms with Crippen molar-refractivity contribution < 1.29 is 4.74 Å². The number of halogens is 1. The van der Waals surface area contributed by atoms with E-state index < -0.39 is 0 Å². The highest BCUT2D eigenvalue weighted by molar-refractivity contribution is 6.34. The second-order valence-electron chi connectivity index (χ2n) is 3.63. The summed E-state index contributed by atoms with van der Waals surface area (Å²) in [5, 5.41) is 5.13. The quantitative estimate of drug-likeness (QED) is 0.622. The van der Waals surface area contributed by atoms with Crippen molar-refractivity contribution >= 4 is 23.0 Å². The maximum atomic E-state index is 6.17. The van der Waals surface area contributed by atoms with Gasteiger partial charge in [0, 0.05) is 17.2 Å². The van der Waals surface area contributed by atoms with Gasteiger partial charge >= 0.3 is 0 Å². The van der Waals surface area contributed by atoms with Crippen molar-refractivity contribution in [1.82, 2.24) is 5.32 Å². The highest BCUT2D eigenvalue weighted by Gasteiger charge is 2.22. The smallest absolute Gasteiger partial charge is 0.121 e. The van der Waals surface area contributed by atoms with Crippen LogP contribution < -0.4 is 10.1 Å². The molecule has 3 heteroatoms. The number of fused-ring (bicyclic) bond motifs is 3. The third-order valence-corrected chi connectivity index (χ3v) is 2.99. The Balaban J connectivity index is 2.27. The molecule has 0 aromatic heterocycles. The van der Waals surface area contributed by atoms with Crippen LogP contribution in [0.2, 0.25) is 5.02 Å². The van der Waals surface area contributed by atoms with Gasteiger partial charge in [0.2, 0.25) is 0 Å². The molecule has 0 atom stereocenters. The Morgan fingerprint density at radius 2 is 1.94 bits per heavy atom. The molecule has 79 valence electrons. The molecule has 0 N–H and O–H groups in total. The van der Waals surface area contributed by atoms with Gasteiger partial charge in [-0.2, -0.15) is 0 Å². The summed E-state index contributed by atoms with van der Waals surface area (Å²) in [5.74, 6) is 0.760. The standard InChI is InChI=1S/C13H9ClNO/c1-16-8-6-10-9-4-2-3-5-12(9)15-13(10)11(14)7-8/h2-7H,1H3. The minimum absolute atomic E-state index is 0.630. The van der Waals surface area contributed by atoms with Crippen LogP contribution in [0.5, 0.6) is 5.75 Å². The van der Waals surface area contributed by atoms with Crippen LogP contribution in [0.1, 0.15) is 0 Å². The van der Waals surface area contributed by atoms with E-state index in [-0.39, 0.29) is 0 Å². The van der Waals surface area contributed by atoms with Gasteiger partial charge in [-0.3, -0.25) is 0 Å². The van der Waals surface area contributed by atoms with Gasteiger partial charge in [0.15, 0.2) is 0 Å². The van der Waals surface area contributed by atoms with Gasteiger partial charge in [0.1, 0.15) is 5.75 Å². The van der Waals surface area contributed by atoms with E-state index in [9.17, 15) is 0 Å². The minimum atomic E-state index is 0.630. The van der Waals surface area contributed by atoms with Crippen LogP contribution in [0.3, 0.4) is 0 Å². The van der Waals surface area contributed by atoms with Crippen LogP contribution in [0.4, 0.5) is 11.4 Å². The number of hydrogen-bond donors (Lipinski definition) is 0. The molecule has 0 bridgehead atoms. The van der Waals surface area contributed by atoms with Crippen LogP contribution in [-0.4, -0.2) is 7.11 Å². The zero-order valence-electron chi connectivity index (χ0n) is 8.70. The minimum Gasteiger partial charge on any atom is -0.497 e. The van der Waals surface area contributed by atoms with Crippen LogP contribution in [-0.2, 0) is 0 Å². The van der Waals surface area contributed by atoms with E-state index in [0.717, 1.165) is 28.3 Å². The average Bonchev–Trinajstić information content (AvgIpc) is 2.68. The predicted octanol–water partition coefficient (Wildman–Crippen LogP) is 3.90. The van der Waals surface area contributed by atoms with Gasteiger partial charge in [-0.1, -0.05) is 29.8 Å². The Kier molecular flexibility index (Phi) is 2.04. The molecule has 0 amide bonds. The van der Waals surface area contributed by atoms with Crippen molar-refractivity contribution in [3.05, 3.63) is 41.4 Å². The van der Waals surface area contributed by atoms with E-state index in [2.05, 4.69) is 5.32 Å². The summed E-state index contributed by atoms with van der Waals surface area (Å²) in [6.45, 7) is 0. The third kappa shape index (κ3) is 1.27. The molecule has 2 aromatic carbocycles. The summed E-state index contributed by atoms with van der Waals surface area (Å²) in [5.41, 5.74) is 3.95. The molecule has 1 radical (unpaired) electrons. The zero-order chi connectivity index (χ0) is 11.1. The van der Waals surface area contributed by atoms with E-state index in [0.29, 0.717) is 5.02 Å². The van der Waals surface area contributed by atoms with Crippen LogP contribution >= 0.6 is 11.6 Å². The molecule has 3 rings (SSSR count). The second-order valence-corrected chi connectivity index (χ2v) is 4.04. The number of nitrogens with zero attached hydrogens (tertiary/aromatic N) is 1. The molecule has 0 saturated heterocycles. The van der Waals surface area contributed by atoms with E-state index in [4.69, 9.17) is 16.3 Å². The van der Waals surface area contributed by atoms with E-state index in [1.54, 1.807) is 13.2 Å². The molecule has 0 fully saturated rings. The number of para-hydroxylation sites is 1. The number of hydrogen-bond acceptors (Lipinski definition) is 1. The summed E-state index contributed by atoms with van der Waals surface area (Å²) < 4.78 is 5.21. The first-order chi connectivity index (χ1) is 7.79. The first kappa shape index (κ1) is 9.55. The van der Waals surface area contributed by atoms with Crippen molar-refractivity contribution in [2.75, 3.05) is 7.11 Å². The first-order valence-corrected chi connectivity index (χ1v) is 5.36. The van der Waals surface area contributed by atoms with E-state index >= 15 is 0 Å². The molecule has 1 heterocycles. The van der Waals surface area contributed by atoms with Crippen LogP contribution in [0, 0.1) is 0 Å². The van der Waals surface area contributed by atoms with Crippen molar-refractivity contribution in [2.45, 2.75) is 0 Å². The average molecular weight is 231 g/mol. The SMILES string of the molecule is COc1cc(Cl)c2c(c1)-c1ccccc1[N]2. The molecular formula is C13H9ClNO. The maximum absolute atomic E-state index is 6.17. The Bertz CT molecular complexity index is 566. The summed E-state index contributed by atoms with van der Waals surface area (Å²) in [6, 6.07) is 11.8. The normalized spacial score (nSPS) is 11.6. The highest BCUT2D eigenvalue weighted by Crippen LogP contribution is 2.47. The first-order valence-electron chi connectivity index (χ1n) is 4.98. The number of rotatable bonds is 1. The van der Waals surface area contributed by atoms with Gasteiger partial charge in [0.05, 0.1) is 23.5 Å². The monoisotopic (exact) mass is 230 g/mol. The largest absolute Gasteiger partial charge is 0.497 e. The fraction of sp³-hybridized carbons (Fsp3) is 0.0769. The van der Waals surface area contributed by atoms with Gasteiger partial charge in [-0.15, -0.1) is 0 Å². The Labute approximate surface area is 98.8 Å². The number of ether oxygens (including phenoxy) is 1. The summed E-state index contributed by atoms with van der Waals surface area (Å²) in [4.78, 5) is 0. The molecule has 0 unspecified atom stereocenters. The van der Waals surface area contributed by atoms with Crippen LogP contribution in [0.15, 0.2) is 36.4 Å². The topological polar surface area (TPSA) is 23.3 Å². The molecule has 2 nitrogen and oxygen atoms in total. The number of benzene rings is 2. The van der Waals surface area contributed by atoms with E-state index in [1.807, 2.05) is 30.3 Å². The predicted molar refractivity (Wildman–Crippen MR) is 64.9 cm³/mol. The Morgan fingerprint density at radius 3 is 2.75 bits per heavy atom. The number of methoxy groups -OCH3 is 1. The zero-order valence-corrected chi connectivity index (χ0v) is 9.45. The Hall–Kier alpha value is -1.67. The Morgan fingerprint density at radius 1 is 1.12 bits per heavy atom. The van der Waals surface area contributed by atoms with Crippen molar-refractivity contribution in [2.24, 2.45) is 0 Å². The highest BCUT2D eigenvalue weighted by atomic mass is 35.5. The molecule has 16 heavy (non-hydrogen) atoms. The van der Waals surface area contributed by atoms with Crippen molar-refractivity contribution in [1.29, 1.82) is 0 Å². The lowest BCUT2D eigenvalue weighted by Gasteiger charge is -2.05. The fourth-order valence-electron chi connectivity index (χ4n) is 1.93. The molecule has 1 aliphatic heterocycles. The lowest BCUT2D eigenvalue weighted by molar-refractivity contribution is 0.415. The van der Waals surface area contributed by atoms with Crippen molar-refractivity contribution in [3.63, 3.8) is 0 Å². The van der Waals surface area contributed by atoms with Crippen molar-refractivity contribution in [3.8, 4) is 16.9 Å². The molecule has 1 aliphatic rings. The lowest BCUT2D eigenvalue weighted by Crippen LogP contribution is -1.86. The van der Waals surface area contributed by atoms with Gasteiger partial charge < -0.3 is 4.74 Å². The summed E-state index contributed by atoms with van der Waals surface area (Å²) in [6.07, 6.45) is 0. The maximum Gasteiger partial charge on any atom is 0.121 e. The molecule has 0 spiro atoms. The van der Waals surface area contributed by atoms with Crippen LogP contribution in [0.25, 0.3) is 11.1 Å². The molecule has 2 aromatic rings. The lowest BCUT2D eigenvalue weighted by atomic mass is 10.1. The molecule has 0 saturated carbocycles.